The molecule has 0 aliphatic heterocycles. The van der Waals surface area contributed by atoms with E-state index in [2.05, 4.69) is 57.8 Å². The third-order valence-corrected chi connectivity index (χ3v) is 10.3. The lowest BCUT2D eigenvalue weighted by Crippen LogP contribution is -2.58. The number of hydrogen-bond acceptors (Lipinski definition) is 14. The molecule has 1 heterocycles. The Labute approximate surface area is 376 Å². The number of nitrogens with one attached hydrogen (secondary N) is 10. The third kappa shape index (κ3) is 22.0. The molecule has 24 nitrogen and oxygen atoms in total. The molecule has 0 aliphatic rings. The molecule has 64 heavy (non-hydrogen) atoms. The van der Waals surface area contributed by atoms with Crippen molar-refractivity contribution in [1.82, 2.24) is 57.8 Å². The van der Waals surface area contributed by atoms with E-state index in [4.69, 9.17) is 16.6 Å². The van der Waals surface area contributed by atoms with Gasteiger partial charge < -0.3 is 69.4 Å². The molecule has 360 valence electrons. The molecule has 0 aliphatic carbocycles. The van der Waals surface area contributed by atoms with Gasteiger partial charge in [-0.15, -0.1) is 0 Å². The van der Waals surface area contributed by atoms with Crippen LogP contribution in [0.1, 0.15) is 72.4 Å². The van der Waals surface area contributed by atoms with Gasteiger partial charge in [0, 0.05) is 18.3 Å². The second kappa shape index (κ2) is 30.3. The maximum absolute atomic E-state index is 13.6. The highest BCUT2D eigenvalue weighted by Crippen LogP contribution is 2.10. The number of thioether (sulfide) groups is 1. The van der Waals surface area contributed by atoms with Gasteiger partial charge in [0.1, 0.15) is 36.8 Å². The van der Waals surface area contributed by atoms with Crippen LogP contribution in [-0.2, 0) is 54.4 Å². The second-order valence-electron chi connectivity index (χ2n) is 15.3. The lowest BCUT2D eigenvalue weighted by Gasteiger charge is -2.26. The lowest BCUT2D eigenvalue weighted by molar-refractivity contribution is -0.139. The average Bonchev–Trinajstić information content (AvgIpc) is 3.77. The van der Waals surface area contributed by atoms with Crippen molar-refractivity contribution in [3.05, 3.63) is 18.2 Å². The van der Waals surface area contributed by atoms with Crippen LogP contribution >= 0.6 is 11.8 Å². The maximum Gasteiger partial charge on any atom is 0.322 e. The Hall–Kier alpha value is -5.82. The average molecular weight is 926 g/mol. The van der Waals surface area contributed by atoms with Crippen molar-refractivity contribution in [3.8, 4) is 0 Å². The zero-order chi connectivity index (χ0) is 48.4. The van der Waals surface area contributed by atoms with E-state index in [-0.39, 0.29) is 18.8 Å². The minimum absolute atomic E-state index is 0.0845. The van der Waals surface area contributed by atoms with E-state index >= 15 is 0 Å². The zero-order valence-corrected chi connectivity index (χ0v) is 38.1. The predicted molar refractivity (Wildman–Crippen MR) is 235 cm³/mol. The number of unbranched alkanes of at least 4 members (excludes halogenated alkanes) is 1. The lowest BCUT2D eigenvalue weighted by atomic mass is 9.98. The predicted octanol–water partition coefficient (Wildman–Crippen LogP) is -4.14. The van der Waals surface area contributed by atoms with Crippen molar-refractivity contribution in [2.75, 3.05) is 44.7 Å². The van der Waals surface area contributed by atoms with Crippen LogP contribution in [0.25, 0.3) is 0 Å². The van der Waals surface area contributed by atoms with Crippen molar-refractivity contribution < 1.29 is 53.1 Å². The number of H-pyrrole nitrogens is 1. The van der Waals surface area contributed by atoms with Crippen molar-refractivity contribution in [1.29, 1.82) is 0 Å². The molecule has 1 aromatic heterocycles. The van der Waals surface area contributed by atoms with Gasteiger partial charge in [0.2, 0.25) is 53.2 Å². The standard InChI is InChI=1S/C39H67N13O11S/c1-7-22(4)33(39(63)46-19-31(56)57)52-34(58)23(5)48-36(60)26(11-13-64-6)49-30(55)18-45-38(62)32(21(2)3)51-37(61)27(14-24-15-42-20-47-24)50-29(54)17-43-28(53)16-44-35(59)25(41)10-8-9-12-40/h15,20-23,25-27,32-33H,7-14,16-19,40-41H2,1-6H3,(H,42,47)(H,43,53)(H,44,59)(H,45,62)(H,46,63)(H,48,60)(H,49,55)(H,50,54)(H,51,61)(H,52,58)(H,56,57)/t22-,23-,25-,26-,27-,32-,33-/m0/s1. The molecule has 1 rings (SSSR count). The number of carbonyl (C=O) groups is 10. The fourth-order valence-electron chi connectivity index (χ4n) is 5.70. The monoisotopic (exact) mass is 925 g/mol. The number of carboxylic acid groups (broad SMARTS) is 1. The molecule has 9 amide bonds. The Kier molecular flexibility index (Phi) is 26.6. The molecular formula is C39H67N13O11S. The van der Waals surface area contributed by atoms with Gasteiger partial charge in [0.05, 0.1) is 32.0 Å². The number of carboxylic acids is 1. The van der Waals surface area contributed by atoms with Gasteiger partial charge in [-0.25, -0.2) is 4.98 Å². The number of rotatable bonds is 31. The van der Waals surface area contributed by atoms with Crippen LogP contribution in [0.5, 0.6) is 0 Å². The Morgan fingerprint density at radius 2 is 1.25 bits per heavy atom. The minimum atomic E-state index is -1.26. The highest BCUT2D eigenvalue weighted by molar-refractivity contribution is 7.98. The summed E-state index contributed by atoms with van der Waals surface area (Å²) in [5, 5.41) is 31.1. The number of aliphatic carboxylic acids is 1. The maximum atomic E-state index is 13.6. The molecule has 0 fully saturated rings. The van der Waals surface area contributed by atoms with Crippen LogP contribution in [0.3, 0.4) is 0 Å². The smallest absolute Gasteiger partial charge is 0.322 e. The highest BCUT2D eigenvalue weighted by atomic mass is 32.2. The summed E-state index contributed by atoms with van der Waals surface area (Å²) >= 11 is 1.39. The summed E-state index contributed by atoms with van der Waals surface area (Å²) in [5.41, 5.74) is 11.7. The second-order valence-corrected chi connectivity index (χ2v) is 16.3. The first-order valence-corrected chi connectivity index (χ1v) is 22.4. The van der Waals surface area contributed by atoms with Crippen LogP contribution in [-0.4, -0.2) is 155 Å². The number of nitrogens with zero attached hydrogens (tertiary/aromatic N) is 1. The molecule has 0 spiro atoms. The topological polar surface area (TPSA) is 380 Å². The van der Waals surface area contributed by atoms with E-state index in [1.54, 1.807) is 34.0 Å². The van der Waals surface area contributed by atoms with E-state index < -0.39 is 127 Å². The number of aromatic amines is 1. The first kappa shape index (κ1) is 56.2. The Balaban J connectivity index is 2.90. The van der Waals surface area contributed by atoms with Crippen molar-refractivity contribution in [3.63, 3.8) is 0 Å². The van der Waals surface area contributed by atoms with Crippen molar-refractivity contribution in [2.45, 2.75) is 109 Å². The van der Waals surface area contributed by atoms with Gasteiger partial charge in [0.15, 0.2) is 0 Å². The molecular weight excluding hydrogens is 859 g/mol. The van der Waals surface area contributed by atoms with E-state index in [9.17, 15) is 47.9 Å². The summed E-state index contributed by atoms with van der Waals surface area (Å²) in [5.74, 6) is -8.14. The third-order valence-electron chi connectivity index (χ3n) is 9.70. The van der Waals surface area contributed by atoms with E-state index in [0.717, 1.165) is 0 Å². The highest BCUT2D eigenvalue weighted by Gasteiger charge is 2.32. The summed E-state index contributed by atoms with van der Waals surface area (Å²) in [6.07, 6.45) is 6.85. The molecule has 1 aromatic rings. The minimum Gasteiger partial charge on any atom is -0.480 e. The van der Waals surface area contributed by atoms with E-state index in [1.165, 1.54) is 31.2 Å². The number of amides is 9. The van der Waals surface area contributed by atoms with E-state index in [1.807, 2.05) is 0 Å². The molecule has 0 radical (unpaired) electrons. The number of carbonyl (C=O) groups excluding carboxylic acids is 9. The summed E-state index contributed by atoms with van der Waals surface area (Å²) in [6.45, 7) is 6.36. The fourth-order valence-corrected chi connectivity index (χ4v) is 6.17. The van der Waals surface area contributed by atoms with Crippen LogP contribution in [0.2, 0.25) is 0 Å². The molecule has 0 bridgehead atoms. The first-order chi connectivity index (χ1) is 30.2. The molecule has 7 atom stereocenters. The molecule has 0 saturated carbocycles. The zero-order valence-electron chi connectivity index (χ0n) is 37.3. The van der Waals surface area contributed by atoms with Crippen LogP contribution in [0.15, 0.2) is 12.5 Å². The van der Waals surface area contributed by atoms with Gasteiger partial charge >= 0.3 is 5.97 Å². The number of nitrogens with two attached hydrogens (primary N) is 2. The van der Waals surface area contributed by atoms with Gasteiger partial charge in [-0.2, -0.15) is 11.8 Å². The Bertz CT molecular complexity index is 1720. The number of imidazole rings is 1. The fraction of sp³-hybridized carbons (Fsp3) is 0.667. The molecule has 15 N–H and O–H groups in total. The van der Waals surface area contributed by atoms with Gasteiger partial charge in [0.25, 0.3) is 0 Å². The van der Waals surface area contributed by atoms with Gasteiger partial charge in [-0.3, -0.25) is 47.9 Å². The van der Waals surface area contributed by atoms with Gasteiger partial charge in [-0.1, -0.05) is 40.5 Å². The van der Waals surface area contributed by atoms with Crippen LogP contribution in [0, 0.1) is 11.8 Å². The first-order valence-electron chi connectivity index (χ1n) is 21.0. The van der Waals surface area contributed by atoms with Crippen molar-refractivity contribution >= 4 is 70.9 Å². The quantitative estimate of drug-likeness (QED) is 0.0315. The summed E-state index contributed by atoms with van der Waals surface area (Å²) in [7, 11) is 0. The number of hydrogen-bond donors (Lipinski definition) is 13. The summed E-state index contributed by atoms with van der Waals surface area (Å²) < 4.78 is 0. The SMILES string of the molecule is CC[C@H](C)[C@H](NC(=O)[C@H](C)NC(=O)[C@H](CCSC)NC(=O)CNC(=O)[C@@H](NC(=O)[C@H](Cc1cnc[nH]1)NC(=O)CNC(=O)CNC(=O)[C@@H](N)CCCCN)C(C)C)C(=O)NCC(=O)O. The molecule has 0 aromatic carbocycles. The normalized spacial score (nSPS) is 14.2. The largest absolute Gasteiger partial charge is 0.480 e. The van der Waals surface area contributed by atoms with Crippen LogP contribution < -0.4 is 59.3 Å². The summed E-state index contributed by atoms with van der Waals surface area (Å²) in [6, 6.07) is -6.68. The van der Waals surface area contributed by atoms with Crippen molar-refractivity contribution in [2.24, 2.45) is 23.3 Å². The van der Waals surface area contributed by atoms with Gasteiger partial charge in [-0.05, 0) is 56.6 Å². The number of aromatic nitrogens is 2. The Morgan fingerprint density at radius 1 is 0.688 bits per heavy atom. The van der Waals surface area contributed by atoms with Crippen LogP contribution in [0.4, 0.5) is 0 Å². The summed E-state index contributed by atoms with van der Waals surface area (Å²) in [4.78, 5) is 134. The van der Waals surface area contributed by atoms with E-state index in [0.29, 0.717) is 43.7 Å². The molecule has 0 unspecified atom stereocenters. The molecule has 0 saturated heterocycles. The molecule has 25 heteroatoms. The Morgan fingerprint density at radius 3 is 1.83 bits per heavy atom.